The zero-order valence-corrected chi connectivity index (χ0v) is 34.4. The van der Waals surface area contributed by atoms with Crippen LogP contribution < -0.4 is 5.30 Å². The van der Waals surface area contributed by atoms with Crippen LogP contribution in [0, 0.1) is 35.5 Å². The number of hydrogen-bond donors (Lipinski definition) is 0. The van der Waals surface area contributed by atoms with E-state index < -0.39 is 11.0 Å². The Bertz CT molecular complexity index is 1570. The van der Waals surface area contributed by atoms with Crippen LogP contribution in [0.5, 0.6) is 0 Å². The van der Waals surface area contributed by atoms with E-state index in [2.05, 4.69) is 102 Å². The van der Waals surface area contributed by atoms with Crippen LogP contribution in [0.2, 0.25) is 0 Å². The summed E-state index contributed by atoms with van der Waals surface area (Å²) in [5.41, 5.74) is 6.22. The van der Waals surface area contributed by atoms with Crippen molar-refractivity contribution in [3.8, 4) is 0 Å². The zero-order valence-electron chi connectivity index (χ0n) is 32.7. The molecule has 0 N–H and O–H groups in total. The second-order valence-corrected chi connectivity index (χ2v) is 26.9. The fraction of sp³-hybridized carbons (Fsp3) is 0.739. The molecular formula is C46H66NOPS. The Kier molecular flexibility index (Phi) is 8.15. The third-order valence-electron chi connectivity index (χ3n) is 15.8. The molecule has 0 aromatic heterocycles. The molecule has 0 heterocycles. The summed E-state index contributed by atoms with van der Waals surface area (Å²) in [4.78, 5) is 0. The Hall–Kier alpha value is -1.02. The van der Waals surface area contributed by atoms with Gasteiger partial charge in [-0.3, -0.25) is 0 Å². The van der Waals surface area contributed by atoms with E-state index >= 15 is 0 Å². The van der Waals surface area contributed by atoms with Crippen molar-refractivity contribution in [3.63, 3.8) is 0 Å². The molecule has 2 atom stereocenters. The summed E-state index contributed by atoms with van der Waals surface area (Å²) in [5.74, 6) is 5.78. The fourth-order valence-electron chi connectivity index (χ4n) is 14.5. The van der Waals surface area contributed by atoms with Gasteiger partial charge in [-0.25, -0.2) is 8.51 Å². The van der Waals surface area contributed by atoms with Crippen molar-refractivity contribution in [2.75, 3.05) is 7.05 Å². The molecule has 0 amide bonds. The van der Waals surface area contributed by atoms with Crippen molar-refractivity contribution in [3.05, 3.63) is 64.7 Å². The molecule has 0 aliphatic heterocycles. The van der Waals surface area contributed by atoms with Gasteiger partial charge in [0.15, 0.2) is 0 Å². The highest BCUT2D eigenvalue weighted by Gasteiger charge is 2.63. The van der Waals surface area contributed by atoms with Crippen molar-refractivity contribution in [1.82, 2.24) is 4.31 Å². The minimum absolute atomic E-state index is 0.0229. The standard InChI is InChI=1S/C46H66NOPS/c1-42(2,3)50(48)47(8)41(36-13-14-38-39(23-36)44(6,7)16-15-43(38,4)5)37-11-9-10-12-40(37)49(45-24-30-17-31(25-45)19-32(18-30)26-45)46-27-33-20-34(28-46)22-35(21-33)29-46/h9-14,23,30-35,41H,15-22,24-29H2,1-8H3/t30?,31?,32?,33?,34?,35?,41-,45?,46?,49?,50?/m0/s1. The molecule has 0 radical (unpaired) electrons. The molecule has 0 saturated heterocycles. The van der Waals surface area contributed by atoms with Gasteiger partial charge in [-0.05, 0) is 195 Å². The molecule has 1 unspecified atom stereocenters. The smallest absolute Gasteiger partial charge is 0.100 e. The Labute approximate surface area is 309 Å². The molecule has 8 bridgehead atoms. The number of fused-ring (bicyclic) bond motifs is 1. The average Bonchev–Trinajstić information content (AvgIpc) is 3.02. The molecule has 50 heavy (non-hydrogen) atoms. The molecule has 2 aromatic rings. The quantitative estimate of drug-likeness (QED) is 0.262. The van der Waals surface area contributed by atoms with Gasteiger partial charge < -0.3 is 0 Å². The molecule has 0 spiro atoms. The van der Waals surface area contributed by atoms with E-state index in [1.165, 1.54) is 112 Å². The second-order valence-electron chi connectivity index (χ2n) is 21.6. The van der Waals surface area contributed by atoms with E-state index in [1.54, 1.807) is 5.30 Å². The van der Waals surface area contributed by atoms with Crippen LogP contribution >= 0.6 is 7.92 Å². The van der Waals surface area contributed by atoms with E-state index in [4.69, 9.17) is 0 Å². The molecule has 2 nitrogen and oxygen atoms in total. The topological polar surface area (TPSA) is 20.3 Å². The van der Waals surface area contributed by atoms with Crippen LogP contribution in [-0.2, 0) is 21.8 Å². The summed E-state index contributed by atoms with van der Waals surface area (Å²) in [5, 5.41) is 2.73. The molecule has 8 saturated carbocycles. The van der Waals surface area contributed by atoms with Gasteiger partial charge in [-0.1, -0.05) is 78.1 Å². The molecule has 9 aliphatic carbocycles. The average molecular weight is 712 g/mol. The predicted molar refractivity (Wildman–Crippen MR) is 214 cm³/mol. The van der Waals surface area contributed by atoms with E-state index in [0.29, 0.717) is 10.3 Å². The number of hydrogen-bond acceptors (Lipinski definition) is 1. The summed E-state index contributed by atoms with van der Waals surface area (Å²) in [6.45, 7) is 16.3. The third kappa shape index (κ3) is 5.53. The minimum Gasteiger partial charge on any atom is -0.242 e. The summed E-state index contributed by atoms with van der Waals surface area (Å²) in [6, 6.07) is 17.4. The molecule has 2 aromatic carbocycles. The highest BCUT2D eigenvalue weighted by Crippen LogP contribution is 2.78. The molecular weight excluding hydrogens is 646 g/mol. The fourth-order valence-corrected chi connectivity index (χ4v) is 21.2. The Morgan fingerprint density at radius 2 is 1.12 bits per heavy atom. The lowest BCUT2D eigenvalue weighted by Gasteiger charge is -2.67. The van der Waals surface area contributed by atoms with Crippen LogP contribution in [0.25, 0.3) is 0 Å². The van der Waals surface area contributed by atoms with Crippen LogP contribution in [0.4, 0.5) is 0 Å². The molecule has 9 aliphatic rings. The second kappa shape index (κ2) is 11.7. The summed E-state index contributed by atoms with van der Waals surface area (Å²) in [6.07, 6.45) is 20.5. The first-order valence-corrected chi connectivity index (χ1v) is 23.2. The Morgan fingerprint density at radius 1 is 0.680 bits per heavy atom. The molecule has 11 rings (SSSR count). The van der Waals surface area contributed by atoms with Gasteiger partial charge in [-0.15, -0.1) is 0 Å². The van der Waals surface area contributed by atoms with Crippen LogP contribution in [0.3, 0.4) is 0 Å². The minimum atomic E-state index is -1.15. The maximum Gasteiger partial charge on any atom is 0.100 e. The van der Waals surface area contributed by atoms with Crippen molar-refractivity contribution in [1.29, 1.82) is 0 Å². The van der Waals surface area contributed by atoms with E-state index in [0.717, 1.165) is 35.5 Å². The first kappa shape index (κ1) is 34.7. The van der Waals surface area contributed by atoms with E-state index in [9.17, 15) is 4.21 Å². The van der Waals surface area contributed by atoms with Crippen molar-refractivity contribution < 1.29 is 4.21 Å². The lowest BCUT2D eigenvalue weighted by atomic mass is 9.55. The van der Waals surface area contributed by atoms with Crippen LogP contribution in [-0.4, -0.2) is 30.6 Å². The van der Waals surface area contributed by atoms with Gasteiger partial charge in [0.25, 0.3) is 0 Å². The number of nitrogens with zero attached hydrogens (tertiary/aromatic N) is 1. The Morgan fingerprint density at radius 3 is 1.58 bits per heavy atom. The van der Waals surface area contributed by atoms with Gasteiger partial charge in [0, 0.05) is 7.05 Å². The van der Waals surface area contributed by atoms with Gasteiger partial charge in [0.1, 0.15) is 11.0 Å². The van der Waals surface area contributed by atoms with Gasteiger partial charge in [0.05, 0.1) is 10.8 Å². The van der Waals surface area contributed by atoms with Crippen LogP contribution in [0.1, 0.15) is 167 Å². The van der Waals surface area contributed by atoms with Crippen molar-refractivity contribution >= 4 is 24.2 Å². The molecule has 8 fully saturated rings. The third-order valence-corrected chi connectivity index (χ3v) is 21.4. The number of benzene rings is 2. The van der Waals surface area contributed by atoms with E-state index in [-0.39, 0.29) is 29.5 Å². The monoisotopic (exact) mass is 711 g/mol. The summed E-state index contributed by atoms with van der Waals surface area (Å²) < 4.78 is 16.6. The first-order chi connectivity index (χ1) is 23.6. The SMILES string of the molecule is CN([C@@H](c1ccc2c(c1)C(C)(C)CCC2(C)C)c1ccccc1P(C12CC3CC(CC(C3)C1)C2)C12CC3CC(CC(C3)C1)C2)S(=O)C(C)(C)C. The van der Waals surface area contributed by atoms with Crippen molar-refractivity contribution in [2.24, 2.45) is 35.5 Å². The number of rotatable bonds is 7. The van der Waals surface area contributed by atoms with Crippen molar-refractivity contribution in [2.45, 2.75) is 170 Å². The summed E-state index contributed by atoms with van der Waals surface area (Å²) >= 11 is 0. The normalized spacial score (nSPS) is 39.4. The highest BCUT2D eigenvalue weighted by molar-refractivity contribution is 7.84. The Balaban J connectivity index is 1.25. The lowest BCUT2D eigenvalue weighted by Crippen LogP contribution is -2.58. The van der Waals surface area contributed by atoms with Crippen LogP contribution in [0.15, 0.2) is 42.5 Å². The highest BCUT2D eigenvalue weighted by atomic mass is 32.2. The van der Waals surface area contributed by atoms with E-state index in [1.807, 2.05) is 0 Å². The van der Waals surface area contributed by atoms with Gasteiger partial charge in [0.2, 0.25) is 0 Å². The maximum atomic E-state index is 14.6. The summed E-state index contributed by atoms with van der Waals surface area (Å²) in [7, 11) is 0.650. The first-order valence-electron chi connectivity index (χ1n) is 20.7. The largest absolute Gasteiger partial charge is 0.242 e. The lowest BCUT2D eigenvalue weighted by molar-refractivity contribution is 0.0195. The van der Waals surface area contributed by atoms with Gasteiger partial charge >= 0.3 is 0 Å². The molecule has 272 valence electrons. The maximum absolute atomic E-state index is 14.6. The zero-order chi connectivity index (χ0) is 35.0. The molecule has 4 heteroatoms. The predicted octanol–water partition coefficient (Wildman–Crippen LogP) is 11.6. The van der Waals surface area contributed by atoms with Gasteiger partial charge in [-0.2, -0.15) is 0 Å².